The number of carbonyl (C=O) groups is 1. The minimum atomic E-state index is -0.709. The first-order valence-electron chi connectivity index (χ1n) is 7.42. The average Bonchev–Trinajstić information content (AvgIpc) is 2.39. The van der Waals surface area contributed by atoms with E-state index < -0.39 is 17.6 Å². The normalized spacial score (nSPS) is 13.4. The molecule has 0 spiro atoms. The lowest BCUT2D eigenvalue weighted by atomic mass is 10.1. The molecule has 22 heavy (non-hydrogen) atoms. The van der Waals surface area contributed by atoms with Gasteiger partial charge in [0.25, 0.3) is 0 Å². The van der Waals surface area contributed by atoms with Crippen LogP contribution >= 0.6 is 0 Å². The number of carbonyl (C=O) groups excluding carboxylic acids is 1. The van der Waals surface area contributed by atoms with Gasteiger partial charge in [-0.3, -0.25) is 4.79 Å². The molecule has 0 aromatic heterocycles. The van der Waals surface area contributed by atoms with Gasteiger partial charge in [-0.2, -0.15) is 0 Å². The number of hydrogen-bond acceptors (Lipinski definition) is 4. The van der Waals surface area contributed by atoms with E-state index in [0.717, 1.165) is 11.3 Å². The van der Waals surface area contributed by atoms with Crippen molar-refractivity contribution in [3.63, 3.8) is 0 Å². The number of hydrogen-bond donors (Lipinski definition) is 1. The fourth-order valence-corrected chi connectivity index (χ4v) is 1.76. The van der Waals surface area contributed by atoms with Crippen LogP contribution in [0.25, 0.3) is 0 Å². The topological polar surface area (TPSA) is 61.5 Å². The Balaban J connectivity index is 2.63. The summed E-state index contributed by atoms with van der Waals surface area (Å²) in [6.45, 7) is 13.2. The summed E-state index contributed by atoms with van der Waals surface area (Å²) in [5.41, 5.74) is 5.92. The van der Waals surface area contributed by atoms with Crippen molar-refractivity contribution in [2.45, 2.75) is 58.3 Å². The Hall–Kier alpha value is -1.81. The van der Waals surface area contributed by atoms with Crippen LogP contribution in [0.15, 0.2) is 36.9 Å². The van der Waals surface area contributed by atoms with Crippen LogP contribution < -0.4 is 10.5 Å². The first kappa shape index (κ1) is 18.2. The molecule has 0 saturated carbocycles. The SMILES string of the molecule is C=CC(C)(C)OC(=O)[C@@H](N)Cc1ccc(OC(C)(C)C)cc1. The molecule has 4 heteroatoms. The summed E-state index contributed by atoms with van der Waals surface area (Å²) in [5, 5.41) is 0. The van der Waals surface area contributed by atoms with Gasteiger partial charge in [-0.15, -0.1) is 0 Å². The molecule has 0 amide bonds. The summed E-state index contributed by atoms with van der Waals surface area (Å²) >= 11 is 0. The van der Waals surface area contributed by atoms with Crippen LogP contribution in [0.3, 0.4) is 0 Å². The van der Waals surface area contributed by atoms with Gasteiger partial charge < -0.3 is 15.2 Å². The Morgan fingerprint density at radius 1 is 1.23 bits per heavy atom. The van der Waals surface area contributed by atoms with Gasteiger partial charge in [-0.05, 0) is 64.8 Å². The van der Waals surface area contributed by atoms with Gasteiger partial charge in [-0.1, -0.05) is 18.7 Å². The van der Waals surface area contributed by atoms with Crippen molar-refractivity contribution in [3.05, 3.63) is 42.5 Å². The molecule has 0 saturated heterocycles. The highest BCUT2D eigenvalue weighted by atomic mass is 16.6. The van der Waals surface area contributed by atoms with Crippen LogP contribution in [-0.2, 0) is 16.0 Å². The molecule has 4 nitrogen and oxygen atoms in total. The number of nitrogens with two attached hydrogens (primary N) is 1. The predicted molar refractivity (Wildman–Crippen MR) is 88.9 cm³/mol. The Bertz CT molecular complexity index is 512. The molecular formula is C18H27NO3. The smallest absolute Gasteiger partial charge is 0.324 e. The van der Waals surface area contributed by atoms with Crippen LogP contribution in [0, 0.1) is 0 Å². The molecule has 1 atom stereocenters. The predicted octanol–water partition coefficient (Wildman–Crippen LogP) is 3.24. The molecule has 0 fully saturated rings. The van der Waals surface area contributed by atoms with Crippen LogP contribution in [0.2, 0.25) is 0 Å². The van der Waals surface area contributed by atoms with Crippen LogP contribution in [0.5, 0.6) is 5.75 Å². The molecule has 0 aliphatic rings. The Morgan fingerprint density at radius 3 is 2.23 bits per heavy atom. The third-order valence-corrected chi connectivity index (χ3v) is 2.96. The van der Waals surface area contributed by atoms with Crippen molar-refractivity contribution < 1.29 is 14.3 Å². The van der Waals surface area contributed by atoms with E-state index in [1.54, 1.807) is 19.9 Å². The zero-order valence-electron chi connectivity index (χ0n) is 14.2. The van der Waals surface area contributed by atoms with Crippen LogP contribution in [-0.4, -0.2) is 23.2 Å². The van der Waals surface area contributed by atoms with Gasteiger partial charge in [0.2, 0.25) is 0 Å². The summed E-state index contributed by atoms with van der Waals surface area (Å²) in [4.78, 5) is 12.0. The van der Waals surface area contributed by atoms with Gasteiger partial charge >= 0.3 is 5.97 Å². The van der Waals surface area contributed by atoms with Crippen molar-refractivity contribution in [1.29, 1.82) is 0 Å². The van der Waals surface area contributed by atoms with Gasteiger partial charge in [0.15, 0.2) is 0 Å². The van der Waals surface area contributed by atoms with E-state index in [9.17, 15) is 4.79 Å². The summed E-state index contributed by atoms with van der Waals surface area (Å²) in [5.74, 6) is 0.361. The molecule has 1 rings (SSSR count). The maximum atomic E-state index is 12.0. The highest BCUT2D eigenvalue weighted by Gasteiger charge is 2.23. The van der Waals surface area contributed by atoms with E-state index in [0.29, 0.717) is 6.42 Å². The maximum Gasteiger partial charge on any atom is 0.324 e. The largest absolute Gasteiger partial charge is 0.488 e. The van der Waals surface area contributed by atoms with Crippen molar-refractivity contribution in [3.8, 4) is 5.75 Å². The highest BCUT2D eigenvalue weighted by Crippen LogP contribution is 2.19. The van der Waals surface area contributed by atoms with Gasteiger partial charge in [0, 0.05) is 0 Å². The molecule has 1 aromatic rings. The zero-order chi connectivity index (χ0) is 17.0. The summed E-state index contributed by atoms with van der Waals surface area (Å²) in [6, 6.07) is 6.88. The van der Waals surface area contributed by atoms with E-state index in [1.165, 1.54) is 0 Å². The fraction of sp³-hybridized carbons (Fsp3) is 0.500. The second-order valence-electron chi connectivity index (χ2n) is 6.90. The minimum absolute atomic E-state index is 0.238. The van der Waals surface area contributed by atoms with Gasteiger partial charge in [0.05, 0.1) is 0 Å². The molecule has 2 N–H and O–H groups in total. The Morgan fingerprint density at radius 2 is 1.77 bits per heavy atom. The average molecular weight is 305 g/mol. The lowest BCUT2D eigenvalue weighted by molar-refractivity contribution is -0.154. The second kappa shape index (κ2) is 6.97. The monoisotopic (exact) mass is 305 g/mol. The lowest BCUT2D eigenvalue weighted by Gasteiger charge is -2.23. The molecule has 0 aliphatic carbocycles. The molecule has 0 bridgehead atoms. The third kappa shape index (κ3) is 6.31. The van der Waals surface area contributed by atoms with E-state index in [-0.39, 0.29) is 5.60 Å². The maximum absolute atomic E-state index is 12.0. The Kier molecular flexibility index (Phi) is 5.78. The van der Waals surface area contributed by atoms with E-state index in [1.807, 2.05) is 45.0 Å². The molecule has 0 heterocycles. The van der Waals surface area contributed by atoms with Gasteiger partial charge in [0.1, 0.15) is 23.0 Å². The standard InChI is InChI=1S/C18H27NO3/c1-7-18(5,6)22-16(20)15(19)12-13-8-10-14(11-9-13)21-17(2,3)4/h7-11,15H,1,12,19H2,2-6H3/t15-/m0/s1. The summed E-state index contributed by atoms with van der Waals surface area (Å²) < 4.78 is 11.1. The van der Waals surface area contributed by atoms with Crippen LogP contribution in [0.4, 0.5) is 0 Å². The molecular weight excluding hydrogens is 278 g/mol. The van der Waals surface area contributed by atoms with Crippen molar-refractivity contribution in [1.82, 2.24) is 0 Å². The third-order valence-electron chi connectivity index (χ3n) is 2.96. The number of benzene rings is 1. The molecule has 1 aromatic carbocycles. The highest BCUT2D eigenvalue weighted by molar-refractivity contribution is 5.76. The number of ether oxygens (including phenoxy) is 2. The van der Waals surface area contributed by atoms with E-state index in [4.69, 9.17) is 15.2 Å². The summed E-state index contributed by atoms with van der Waals surface area (Å²) in [7, 11) is 0. The van der Waals surface area contributed by atoms with Crippen molar-refractivity contribution >= 4 is 5.97 Å². The fourth-order valence-electron chi connectivity index (χ4n) is 1.76. The molecule has 122 valence electrons. The van der Waals surface area contributed by atoms with Crippen molar-refractivity contribution in [2.75, 3.05) is 0 Å². The second-order valence-corrected chi connectivity index (χ2v) is 6.90. The first-order chi connectivity index (χ1) is 10.0. The van der Waals surface area contributed by atoms with Crippen molar-refractivity contribution in [2.24, 2.45) is 5.73 Å². The van der Waals surface area contributed by atoms with E-state index in [2.05, 4.69) is 6.58 Å². The number of esters is 1. The number of rotatable bonds is 6. The molecule has 0 aliphatic heterocycles. The lowest BCUT2D eigenvalue weighted by Crippen LogP contribution is -2.39. The summed E-state index contributed by atoms with van der Waals surface area (Å²) in [6.07, 6.45) is 2.00. The first-order valence-corrected chi connectivity index (χ1v) is 7.42. The molecule has 0 radical (unpaired) electrons. The Labute approximate surface area is 133 Å². The molecule has 0 unspecified atom stereocenters. The van der Waals surface area contributed by atoms with Gasteiger partial charge in [-0.25, -0.2) is 0 Å². The zero-order valence-corrected chi connectivity index (χ0v) is 14.2. The van der Waals surface area contributed by atoms with E-state index >= 15 is 0 Å². The van der Waals surface area contributed by atoms with Crippen LogP contribution in [0.1, 0.15) is 40.2 Å². The minimum Gasteiger partial charge on any atom is -0.488 e. The quantitative estimate of drug-likeness (QED) is 0.647.